The summed E-state index contributed by atoms with van der Waals surface area (Å²) >= 11 is 1.60. The minimum absolute atomic E-state index is 0.277. The zero-order valence-electron chi connectivity index (χ0n) is 18.3. The van der Waals surface area contributed by atoms with Crippen molar-refractivity contribution < 1.29 is 9.53 Å². The van der Waals surface area contributed by atoms with Gasteiger partial charge in [-0.1, -0.05) is 48.5 Å². The summed E-state index contributed by atoms with van der Waals surface area (Å²) in [5.41, 5.74) is 11.7. The second kappa shape index (κ2) is 8.89. The van der Waals surface area contributed by atoms with E-state index in [2.05, 4.69) is 60.7 Å². The Morgan fingerprint density at radius 1 is 1.00 bits per heavy atom. The zero-order chi connectivity index (χ0) is 22.1. The molecule has 32 heavy (non-hydrogen) atoms. The van der Waals surface area contributed by atoms with E-state index in [4.69, 9.17) is 10.5 Å². The zero-order valence-corrected chi connectivity index (χ0v) is 19.1. The molecule has 0 amide bonds. The molecule has 5 rings (SSSR count). The summed E-state index contributed by atoms with van der Waals surface area (Å²) < 4.78 is 6.47. The highest BCUT2D eigenvalue weighted by Gasteiger charge is 2.23. The smallest absolute Gasteiger partial charge is 0.339 e. The lowest BCUT2D eigenvalue weighted by Crippen LogP contribution is -2.08. The van der Waals surface area contributed by atoms with Gasteiger partial charge in [0.25, 0.3) is 0 Å². The standard InChI is InChI=1S/C28H27NO2S/c1-2-31-28(30)27-24-15-22(19-9-4-3-5-10-19)23(16-25(24)32-26(27)17-29)21-14-8-12-18-11-6-7-13-20(18)21/h6-9,11-16H,2-5,10,17,29H2,1H3. The van der Waals surface area contributed by atoms with Crippen LogP contribution in [0.4, 0.5) is 0 Å². The second-order valence-electron chi connectivity index (χ2n) is 8.22. The number of rotatable bonds is 5. The Balaban J connectivity index is 1.82. The molecule has 4 heteroatoms. The Kier molecular flexibility index (Phi) is 5.81. The number of hydrogen-bond donors (Lipinski definition) is 1. The summed E-state index contributed by atoms with van der Waals surface area (Å²) in [4.78, 5) is 13.7. The van der Waals surface area contributed by atoms with Gasteiger partial charge in [0, 0.05) is 21.5 Å². The molecule has 3 aromatic carbocycles. The van der Waals surface area contributed by atoms with Gasteiger partial charge in [-0.15, -0.1) is 11.3 Å². The average molecular weight is 442 g/mol. The van der Waals surface area contributed by atoms with Crippen LogP contribution in [0.1, 0.15) is 53.4 Å². The summed E-state index contributed by atoms with van der Waals surface area (Å²) in [5.74, 6) is -0.277. The lowest BCUT2D eigenvalue weighted by atomic mass is 9.86. The largest absolute Gasteiger partial charge is 0.462 e. The maximum Gasteiger partial charge on any atom is 0.339 e. The number of benzene rings is 3. The molecule has 0 bridgehead atoms. The molecule has 0 radical (unpaired) electrons. The lowest BCUT2D eigenvalue weighted by Gasteiger charge is -2.19. The Bertz CT molecular complexity index is 1340. The van der Waals surface area contributed by atoms with Crippen LogP contribution in [0.25, 0.3) is 37.6 Å². The number of esters is 1. The first kappa shape index (κ1) is 20.9. The Morgan fingerprint density at radius 3 is 2.62 bits per heavy atom. The molecular formula is C28H27NO2S. The number of allylic oxidation sites excluding steroid dienone is 2. The van der Waals surface area contributed by atoms with Crippen molar-refractivity contribution >= 4 is 43.7 Å². The van der Waals surface area contributed by atoms with Gasteiger partial charge in [-0.3, -0.25) is 0 Å². The molecule has 0 spiro atoms. The third kappa shape index (κ3) is 3.64. The van der Waals surface area contributed by atoms with Crippen molar-refractivity contribution in [2.45, 2.75) is 39.2 Å². The van der Waals surface area contributed by atoms with Gasteiger partial charge in [0.05, 0.1) is 12.2 Å². The molecule has 1 aliphatic rings. The molecule has 0 fully saturated rings. The molecule has 1 heterocycles. The third-order valence-electron chi connectivity index (χ3n) is 6.28. The van der Waals surface area contributed by atoms with Gasteiger partial charge < -0.3 is 10.5 Å². The predicted molar refractivity (Wildman–Crippen MR) is 135 cm³/mol. The highest BCUT2D eigenvalue weighted by atomic mass is 32.1. The SMILES string of the molecule is CCOC(=O)c1c(CN)sc2cc(-c3cccc4ccccc34)c(C3=CCCCC3)cc12. The van der Waals surface area contributed by atoms with E-state index in [1.54, 1.807) is 11.3 Å². The number of fused-ring (bicyclic) bond motifs is 2. The van der Waals surface area contributed by atoms with E-state index < -0.39 is 0 Å². The molecule has 1 aliphatic carbocycles. The van der Waals surface area contributed by atoms with Crippen LogP contribution in [0.2, 0.25) is 0 Å². The second-order valence-corrected chi connectivity index (χ2v) is 9.36. The van der Waals surface area contributed by atoms with E-state index in [0.717, 1.165) is 27.8 Å². The summed E-state index contributed by atoms with van der Waals surface area (Å²) in [6, 6.07) is 19.5. The maximum absolute atomic E-state index is 12.8. The van der Waals surface area contributed by atoms with Crippen LogP contribution < -0.4 is 5.73 Å². The van der Waals surface area contributed by atoms with Crippen LogP contribution >= 0.6 is 11.3 Å². The molecule has 3 nitrogen and oxygen atoms in total. The Morgan fingerprint density at radius 2 is 1.84 bits per heavy atom. The number of carbonyl (C=O) groups excluding carboxylic acids is 1. The quantitative estimate of drug-likeness (QED) is 0.330. The molecule has 1 aromatic heterocycles. The van der Waals surface area contributed by atoms with Crippen molar-refractivity contribution in [3.05, 3.63) is 76.7 Å². The van der Waals surface area contributed by atoms with Crippen molar-refractivity contribution in [3.63, 3.8) is 0 Å². The minimum atomic E-state index is -0.277. The van der Waals surface area contributed by atoms with E-state index in [9.17, 15) is 4.79 Å². The predicted octanol–water partition coefficient (Wildman–Crippen LogP) is 7.31. The van der Waals surface area contributed by atoms with E-state index >= 15 is 0 Å². The van der Waals surface area contributed by atoms with Gasteiger partial charge in [-0.2, -0.15) is 0 Å². The van der Waals surface area contributed by atoms with Crippen molar-refractivity contribution in [1.29, 1.82) is 0 Å². The van der Waals surface area contributed by atoms with Crippen LogP contribution in [0.15, 0.2) is 60.7 Å². The number of nitrogens with two attached hydrogens (primary N) is 1. The Hall–Kier alpha value is -2.95. The van der Waals surface area contributed by atoms with E-state index in [-0.39, 0.29) is 5.97 Å². The van der Waals surface area contributed by atoms with Gasteiger partial charge in [0.2, 0.25) is 0 Å². The van der Waals surface area contributed by atoms with Gasteiger partial charge in [0.1, 0.15) is 0 Å². The van der Waals surface area contributed by atoms with E-state index in [1.807, 2.05) is 6.92 Å². The highest BCUT2D eigenvalue weighted by molar-refractivity contribution is 7.19. The highest BCUT2D eigenvalue weighted by Crippen LogP contribution is 2.43. The van der Waals surface area contributed by atoms with Crippen LogP contribution in [-0.4, -0.2) is 12.6 Å². The first-order chi connectivity index (χ1) is 15.7. The van der Waals surface area contributed by atoms with Gasteiger partial charge in [-0.05, 0) is 77.8 Å². The first-order valence-electron chi connectivity index (χ1n) is 11.4. The van der Waals surface area contributed by atoms with E-state index in [0.29, 0.717) is 18.7 Å². The molecule has 2 N–H and O–H groups in total. The topological polar surface area (TPSA) is 52.3 Å². The molecule has 0 saturated heterocycles. The molecule has 162 valence electrons. The maximum atomic E-state index is 12.8. The van der Waals surface area contributed by atoms with Crippen molar-refractivity contribution in [3.8, 4) is 11.1 Å². The van der Waals surface area contributed by atoms with Crippen LogP contribution in [-0.2, 0) is 11.3 Å². The molecule has 0 saturated carbocycles. The number of ether oxygens (including phenoxy) is 1. The van der Waals surface area contributed by atoms with Crippen LogP contribution in [0.5, 0.6) is 0 Å². The summed E-state index contributed by atoms with van der Waals surface area (Å²) in [6.07, 6.45) is 6.97. The van der Waals surface area contributed by atoms with Crippen LogP contribution in [0, 0.1) is 0 Å². The number of carbonyl (C=O) groups is 1. The molecular weight excluding hydrogens is 414 g/mol. The Labute approximate surface area is 192 Å². The van der Waals surface area contributed by atoms with Crippen molar-refractivity contribution in [2.75, 3.05) is 6.61 Å². The summed E-state index contributed by atoms with van der Waals surface area (Å²) in [5, 5.41) is 3.43. The van der Waals surface area contributed by atoms with Crippen LogP contribution in [0.3, 0.4) is 0 Å². The molecule has 0 aliphatic heterocycles. The summed E-state index contributed by atoms with van der Waals surface area (Å²) in [7, 11) is 0. The van der Waals surface area contributed by atoms with Crippen molar-refractivity contribution in [2.24, 2.45) is 5.73 Å². The van der Waals surface area contributed by atoms with Gasteiger partial charge in [-0.25, -0.2) is 4.79 Å². The minimum Gasteiger partial charge on any atom is -0.462 e. The van der Waals surface area contributed by atoms with E-state index in [1.165, 1.54) is 45.9 Å². The molecule has 0 atom stereocenters. The fourth-order valence-corrected chi connectivity index (χ4v) is 5.89. The number of thiophene rings is 1. The molecule has 0 unspecified atom stereocenters. The first-order valence-corrected chi connectivity index (χ1v) is 12.2. The lowest BCUT2D eigenvalue weighted by molar-refractivity contribution is 0.0528. The normalized spacial score (nSPS) is 14.0. The van der Waals surface area contributed by atoms with Gasteiger partial charge >= 0.3 is 5.97 Å². The third-order valence-corrected chi connectivity index (χ3v) is 7.46. The van der Waals surface area contributed by atoms with Crippen molar-refractivity contribution in [1.82, 2.24) is 0 Å². The van der Waals surface area contributed by atoms with Gasteiger partial charge in [0.15, 0.2) is 0 Å². The number of hydrogen-bond acceptors (Lipinski definition) is 4. The fourth-order valence-electron chi connectivity index (χ4n) is 4.80. The molecule has 4 aromatic rings. The fraction of sp³-hybridized carbons (Fsp3) is 0.250. The monoisotopic (exact) mass is 441 g/mol. The summed E-state index contributed by atoms with van der Waals surface area (Å²) in [6.45, 7) is 2.52. The average Bonchev–Trinajstić information content (AvgIpc) is 3.21.